The van der Waals surface area contributed by atoms with Gasteiger partial charge >= 0.3 is 11.9 Å². The molecule has 2 rings (SSSR count). The topological polar surface area (TPSA) is 71.1 Å². The number of ether oxygens (including phenoxy) is 4. The average molecular weight is 342 g/mol. The van der Waals surface area contributed by atoms with Crippen LogP contribution in [0, 0.1) is 0 Å². The fraction of sp³-hybridized carbons (Fsp3) is 0.158. The SMILES string of the molecule is COC(=O)c1ccc(/C=C/C(=O)Oc2c(OC)cccc2OC)cc1. The van der Waals surface area contributed by atoms with Crippen LogP contribution in [0.2, 0.25) is 0 Å². The van der Waals surface area contributed by atoms with Crippen LogP contribution in [0.5, 0.6) is 17.2 Å². The summed E-state index contributed by atoms with van der Waals surface area (Å²) in [7, 11) is 4.27. The molecule has 0 aromatic heterocycles. The van der Waals surface area contributed by atoms with Gasteiger partial charge in [0, 0.05) is 6.08 Å². The number of rotatable bonds is 6. The molecule has 0 aliphatic heterocycles. The van der Waals surface area contributed by atoms with E-state index in [-0.39, 0.29) is 5.75 Å². The molecule has 0 saturated carbocycles. The van der Waals surface area contributed by atoms with E-state index in [1.807, 2.05) is 0 Å². The maximum absolute atomic E-state index is 12.0. The van der Waals surface area contributed by atoms with E-state index >= 15 is 0 Å². The molecule has 0 aliphatic rings. The number of benzene rings is 2. The number of para-hydroxylation sites is 1. The Kier molecular flexibility index (Phi) is 6.17. The first-order valence-electron chi connectivity index (χ1n) is 7.38. The van der Waals surface area contributed by atoms with Crippen LogP contribution in [0.3, 0.4) is 0 Å². The zero-order chi connectivity index (χ0) is 18.2. The van der Waals surface area contributed by atoms with Crippen molar-refractivity contribution in [2.24, 2.45) is 0 Å². The van der Waals surface area contributed by atoms with Crippen LogP contribution in [-0.4, -0.2) is 33.3 Å². The van der Waals surface area contributed by atoms with E-state index in [0.29, 0.717) is 17.1 Å². The summed E-state index contributed by atoms with van der Waals surface area (Å²) in [6.07, 6.45) is 2.85. The number of carbonyl (C=O) groups excluding carboxylic acids is 2. The van der Waals surface area contributed by atoms with Gasteiger partial charge in [0.1, 0.15) is 0 Å². The number of methoxy groups -OCH3 is 3. The largest absolute Gasteiger partial charge is 0.493 e. The third-order valence-corrected chi connectivity index (χ3v) is 3.33. The fourth-order valence-electron chi connectivity index (χ4n) is 2.06. The highest BCUT2D eigenvalue weighted by atomic mass is 16.6. The number of hydrogen-bond donors (Lipinski definition) is 0. The molecule has 0 N–H and O–H groups in total. The summed E-state index contributed by atoms with van der Waals surface area (Å²) in [6, 6.07) is 11.7. The molecule has 0 saturated heterocycles. The predicted octanol–water partition coefficient (Wildman–Crippen LogP) is 3.11. The van der Waals surface area contributed by atoms with Gasteiger partial charge in [-0.15, -0.1) is 0 Å². The first-order chi connectivity index (χ1) is 12.1. The van der Waals surface area contributed by atoms with Crippen LogP contribution in [0.4, 0.5) is 0 Å². The minimum atomic E-state index is -0.583. The van der Waals surface area contributed by atoms with Gasteiger partial charge in [0.2, 0.25) is 5.75 Å². The minimum absolute atomic E-state index is 0.211. The Hall–Kier alpha value is -3.28. The van der Waals surface area contributed by atoms with E-state index in [4.69, 9.17) is 14.2 Å². The first-order valence-corrected chi connectivity index (χ1v) is 7.38. The highest BCUT2D eigenvalue weighted by Gasteiger charge is 2.14. The Morgan fingerprint density at radius 2 is 1.48 bits per heavy atom. The lowest BCUT2D eigenvalue weighted by Crippen LogP contribution is -2.06. The Labute approximate surface area is 145 Å². The normalized spacial score (nSPS) is 10.4. The van der Waals surface area contributed by atoms with Crippen LogP contribution in [-0.2, 0) is 9.53 Å². The minimum Gasteiger partial charge on any atom is -0.493 e. The van der Waals surface area contributed by atoms with Crippen molar-refractivity contribution in [3.05, 3.63) is 59.7 Å². The molecule has 6 heteroatoms. The molecule has 0 atom stereocenters. The zero-order valence-corrected chi connectivity index (χ0v) is 14.1. The number of hydrogen-bond acceptors (Lipinski definition) is 6. The van der Waals surface area contributed by atoms with Gasteiger partial charge in [0.05, 0.1) is 26.9 Å². The van der Waals surface area contributed by atoms with Crippen molar-refractivity contribution in [2.75, 3.05) is 21.3 Å². The summed E-state index contributed by atoms with van der Waals surface area (Å²) in [5, 5.41) is 0. The average Bonchev–Trinajstić information content (AvgIpc) is 2.66. The third-order valence-electron chi connectivity index (χ3n) is 3.33. The molecule has 130 valence electrons. The fourth-order valence-corrected chi connectivity index (χ4v) is 2.06. The monoisotopic (exact) mass is 342 g/mol. The van der Waals surface area contributed by atoms with E-state index in [9.17, 15) is 9.59 Å². The molecule has 0 bridgehead atoms. The van der Waals surface area contributed by atoms with E-state index in [1.165, 1.54) is 27.4 Å². The van der Waals surface area contributed by atoms with E-state index in [1.54, 1.807) is 48.5 Å². The maximum Gasteiger partial charge on any atom is 0.337 e. The lowest BCUT2D eigenvalue weighted by Gasteiger charge is -2.11. The molecule has 6 nitrogen and oxygen atoms in total. The van der Waals surface area contributed by atoms with Crippen molar-refractivity contribution in [3.8, 4) is 17.2 Å². The zero-order valence-electron chi connectivity index (χ0n) is 14.1. The van der Waals surface area contributed by atoms with Crippen LogP contribution < -0.4 is 14.2 Å². The highest BCUT2D eigenvalue weighted by molar-refractivity contribution is 5.91. The smallest absolute Gasteiger partial charge is 0.337 e. The van der Waals surface area contributed by atoms with Crippen LogP contribution in [0.25, 0.3) is 6.08 Å². The molecule has 2 aromatic rings. The lowest BCUT2D eigenvalue weighted by molar-refractivity contribution is -0.129. The summed E-state index contributed by atoms with van der Waals surface area (Å²) in [5.74, 6) is -0.00620. The Bertz CT molecular complexity index is 755. The van der Waals surface area contributed by atoms with Gasteiger partial charge in [0.15, 0.2) is 11.5 Å². The quantitative estimate of drug-likeness (QED) is 0.456. The molecule has 2 aromatic carbocycles. The van der Waals surface area contributed by atoms with E-state index < -0.39 is 11.9 Å². The summed E-state index contributed by atoms with van der Waals surface area (Å²) < 4.78 is 20.3. The molecular formula is C19H18O6. The van der Waals surface area contributed by atoms with Crippen LogP contribution in [0.1, 0.15) is 15.9 Å². The summed E-state index contributed by atoms with van der Waals surface area (Å²) >= 11 is 0. The molecule has 0 fully saturated rings. The van der Waals surface area contributed by atoms with Gasteiger partial charge in [0.25, 0.3) is 0 Å². The van der Waals surface area contributed by atoms with Gasteiger partial charge in [-0.1, -0.05) is 18.2 Å². The molecule has 0 radical (unpaired) electrons. The summed E-state index contributed by atoms with van der Waals surface area (Å²) in [5.41, 5.74) is 1.16. The third kappa shape index (κ3) is 4.60. The summed E-state index contributed by atoms with van der Waals surface area (Å²) in [6.45, 7) is 0. The molecule has 25 heavy (non-hydrogen) atoms. The van der Waals surface area contributed by atoms with Crippen molar-refractivity contribution < 1.29 is 28.5 Å². The Balaban J connectivity index is 2.10. The van der Waals surface area contributed by atoms with Crippen molar-refractivity contribution >= 4 is 18.0 Å². The van der Waals surface area contributed by atoms with E-state index in [0.717, 1.165) is 5.56 Å². The highest BCUT2D eigenvalue weighted by Crippen LogP contribution is 2.36. The number of carbonyl (C=O) groups is 2. The van der Waals surface area contributed by atoms with Gasteiger partial charge in [-0.2, -0.15) is 0 Å². The molecule has 0 amide bonds. The van der Waals surface area contributed by atoms with Gasteiger partial charge < -0.3 is 18.9 Å². The molecule has 0 aliphatic carbocycles. The molecule has 0 unspecified atom stereocenters. The predicted molar refractivity (Wildman–Crippen MR) is 92.0 cm³/mol. The second-order valence-electron chi connectivity index (χ2n) is 4.86. The molecule has 0 spiro atoms. The maximum atomic E-state index is 12.0. The second kappa shape index (κ2) is 8.54. The standard InChI is InChI=1S/C19H18O6/c1-22-15-5-4-6-16(23-2)18(15)25-17(20)12-9-13-7-10-14(11-8-13)19(21)24-3/h4-12H,1-3H3/b12-9+. The van der Waals surface area contributed by atoms with Crippen molar-refractivity contribution in [1.82, 2.24) is 0 Å². The number of esters is 2. The second-order valence-corrected chi connectivity index (χ2v) is 4.86. The Morgan fingerprint density at radius 1 is 0.880 bits per heavy atom. The van der Waals surface area contributed by atoms with E-state index in [2.05, 4.69) is 4.74 Å². The van der Waals surface area contributed by atoms with Gasteiger partial charge in [-0.25, -0.2) is 9.59 Å². The van der Waals surface area contributed by atoms with Crippen molar-refractivity contribution in [2.45, 2.75) is 0 Å². The molecule has 0 heterocycles. The Morgan fingerprint density at radius 3 is 2.00 bits per heavy atom. The van der Waals surface area contributed by atoms with Crippen LogP contribution in [0.15, 0.2) is 48.5 Å². The molecular weight excluding hydrogens is 324 g/mol. The van der Waals surface area contributed by atoms with Crippen LogP contribution >= 0.6 is 0 Å². The van der Waals surface area contributed by atoms with Crippen molar-refractivity contribution in [1.29, 1.82) is 0 Å². The first kappa shape index (κ1) is 18.1. The summed E-state index contributed by atoms with van der Waals surface area (Å²) in [4.78, 5) is 23.4. The van der Waals surface area contributed by atoms with Gasteiger partial charge in [-0.3, -0.25) is 0 Å². The van der Waals surface area contributed by atoms with Gasteiger partial charge in [-0.05, 0) is 35.9 Å². The lowest BCUT2D eigenvalue weighted by atomic mass is 10.1. The van der Waals surface area contributed by atoms with Crippen molar-refractivity contribution in [3.63, 3.8) is 0 Å².